The molecule has 7 heteroatoms. The van der Waals surface area contributed by atoms with Crippen LogP contribution in [0.3, 0.4) is 0 Å². The zero-order valence-corrected chi connectivity index (χ0v) is 16.2. The summed E-state index contributed by atoms with van der Waals surface area (Å²) < 4.78 is 11.0. The quantitative estimate of drug-likeness (QED) is 0.708. The summed E-state index contributed by atoms with van der Waals surface area (Å²) in [5.41, 5.74) is 4.74. The van der Waals surface area contributed by atoms with Gasteiger partial charge in [0, 0.05) is 12.1 Å². The van der Waals surface area contributed by atoms with E-state index in [0.29, 0.717) is 30.2 Å². The van der Waals surface area contributed by atoms with Crippen LogP contribution >= 0.6 is 0 Å². The number of fused-ring (bicyclic) bond motifs is 1. The molecule has 0 saturated carbocycles. The second-order valence-electron chi connectivity index (χ2n) is 6.38. The van der Waals surface area contributed by atoms with Crippen LogP contribution in [0.15, 0.2) is 42.5 Å². The molecule has 28 heavy (non-hydrogen) atoms. The first-order valence-electron chi connectivity index (χ1n) is 9.10. The van der Waals surface area contributed by atoms with Crippen molar-refractivity contribution in [2.45, 2.75) is 25.9 Å². The third-order valence-corrected chi connectivity index (χ3v) is 4.69. The van der Waals surface area contributed by atoms with E-state index >= 15 is 0 Å². The van der Waals surface area contributed by atoms with Crippen molar-refractivity contribution in [1.82, 2.24) is 10.4 Å². The lowest BCUT2D eigenvalue weighted by molar-refractivity contribution is -0.132. The molecule has 0 radical (unpaired) electrons. The Kier molecular flexibility index (Phi) is 6.16. The maximum atomic E-state index is 13.0. The maximum Gasteiger partial charge on any atom is 0.255 e. The second kappa shape index (κ2) is 8.75. The summed E-state index contributed by atoms with van der Waals surface area (Å²) in [6.07, 6.45) is 0.0610. The largest absolute Gasteiger partial charge is 0.493 e. The monoisotopic (exact) mass is 384 g/mol. The Morgan fingerprint density at radius 3 is 2.64 bits per heavy atom. The average Bonchev–Trinajstić information content (AvgIpc) is 3.03. The van der Waals surface area contributed by atoms with Crippen molar-refractivity contribution in [3.63, 3.8) is 0 Å². The Morgan fingerprint density at radius 2 is 1.96 bits per heavy atom. The van der Waals surface area contributed by atoms with Crippen LogP contribution in [-0.2, 0) is 16.2 Å². The molecule has 0 saturated heterocycles. The van der Waals surface area contributed by atoms with E-state index in [4.69, 9.17) is 14.3 Å². The molecule has 7 nitrogen and oxygen atoms in total. The fourth-order valence-electron chi connectivity index (χ4n) is 3.44. The number of carbonyl (C=O) groups is 2. The Morgan fingerprint density at radius 1 is 1.18 bits per heavy atom. The maximum absolute atomic E-state index is 13.0. The molecular formula is C21H24N2O5. The van der Waals surface area contributed by atoms with Crippen LogP contribution in [0.25, 0.3) is 0 Å². The number of carbonyl (C=O) groups excluding carboxylic acids is 2. The van der Waals surface area contributed by atoms with E-state index in [1.54, 1.807) is 18.1 Å². The van der Waals surface area contributed by atoms with Gasteiger partial charge in [0.05, 0.1) is 33.3 Å². The minimum absolute atomic E-state index is 0.0610. The van der Waals surface area contributed by atoms with E-state index in [0.717, 1.165) is 11.1 Å². The highest BCUT2D eigenvalue weighted by molar-refractivity contribution is 5.98. The van der Waals surface area contributed by atoms with Gasteiger partial charge >= 0.3 is 0 Å². The number of hydrogen-bond donors (Lipinski definition) is 1. The molecule has 0 spiro atoms. The molecule has 3 rings (SSSR count). The van der Waals surface area contributed by atoms with Crippen LogP contribution in [0.2, 0.25) is 0 Å². The van der Waals surface area contributed by atoms with Crippen molar-refractivity contribution in [2.24, 2.45) is 0 Å². The molecule has 2 aromatic carbocycles. The van der Waals surface area contributed by atoms with Gasteiger partial charge < -0.3 is 14.4 Å². The molecule has 0 aromatic heterocycles. The molecule has 2 amide bonds. The molecule has 2 aromatic rings. The minimum atomic E-state index is -0.472. The van der Waals surface area contributed by atoms with Crippen LogP contribution in [0.5, 0.6) is 11.5 Å². The summed E-state index contributed by atoms with van der Waals surface area (Å²) in [4.78, 5) is 31.7. The van der Waals surface area contributed by atoms with Crippen LogP contribution in [-0.4, -0.2) is 37.5 Å². The van der Waals surface area contributed by atoms with Crippen molar-refractivity contribution in [3.8, 4) is 11.5 Å². The predicted octanol–water partition coefficient (Wildman–Crippen LogP) is 2.86. The first kappa shape index (κ1) is 19.7. The number of nitrogens with zero attached hydrogens (tertiary/aromatic N) is 1. The highest BCUT2D eigenvalue weighted by atomic mass is 16.6. The van der Waals surface area contributed by atoms with Crippen molar-refractivity contribution in [1.29, 1.82) is 0 Å². The summed E-state index contributed by atoms with van der Waals surface area (Å²) in [5, 5.41) is 0. The number of benzene rings is 2. The second-order valence-corrected chi connectivity index (χ2v) is 6.38. The van der Waals surface area contributed by atoms with E-state index in [2.05, 4.69) is 5.48 Å². The minimum Gasteiger partial charge on any atom is -0.493 e. The third-order valence-electron chi connectivity index (χ3n) is 4.69. The molecular weight excluding hydrogens is 360 g/mol. The lowest BCUT2D eigenvalue weighted by atomic mass is 10.0. The number of amides is 2. The summed E-state index contributed by atoms with van der Waals surface area (Å²) in [6.45, 7) is 2.80. The number of rotatable bonds is 8. The molecule has 1 unspecified atom stereocenters. The Hall–Kier alpha value is -3.06. The summed E-state index contributed by atoms with van der Waals surface area (Å²) in [7, 11) is 2.95. The van der Waals surface area contributed by atoms with Crippen molar-refractivity contribution >= 4 is 11.8 Å². The first-order valence-corrected chi connectivity index (χ1v) is 9.10. The van der Waals surface area contributed by atoms with Gasteiger partial charge in [-0.15, -0.1) is 0 Å². The van der Waals surface area contributed by atoms with Gasteiger partial charge in [0.25, 0.3) is 5.91 Å². The van der Waals surface area contributed by atoms with Crippen molar-refractivity contribution in [2.75, 3.05) is 20.8 Å². The number of ether oxygens (including phenoxy) is 2. The molecule has 148 valence electrons. The van der Waals surface area contributed by atoms with Crippen molar-refractivity contribution < 1.29 is 23.9 Å². The smallest absolute Gasteiger partial charge is 0.255 e. The fourth-order valence-corrected chi connectivity index (χ4v) is 3.44. The standard InChI is InChI=1S/C21H24N2O5/c1-4-28-19-11-14(9-10-18(19)26-2)17(12-20(24)22-27-3)23-13-15-7-5-6-8-16(15)21(23)25/h5-11,17H,4,12-13H2,1-3H3,(H,22,24). The molecule has 1 N–H and O–H groups in total. The Balaban J connectivity index is 1.98. The molecule has 1 heterocycles. The molecule has 0 aliphatic carbocycles. The fraction of sp³-hybridized carbons (Fsp3) is 0.333. The van der Waals surface area contributed by atoms with Gasteiger partial charge in [0.1, 0.15) is 0 Å². The zero-order chi connectivity index (χ0) is 20.1. The topological polar surface area (TPSA) is 77.1 Å². The average molecular weight is 384 g/mol. The van der Waals surface area contributed by atoms with Crippen LogP contribution in [0, 0.1) is 0 Å². The van der Waals surface area contributed by atoms with Crippen LogP contribution < -0.4 is 15.0 Å². The predicted molar refractivity (Wildman–Crippen MR) is 103 cm³/mol. The van der Waals surface area contributed by atoms with Crippen LogP contribution in [0.4, 0.5) is 0 Å². The normalized spacial score (nSPS) is 13.8. The van der Waals surface area contributed by atoms with E-state index < -0.39 is 6.04 Å². The van der Waals surface area contributed by atoms with E-state index in [1.165, 1.54) is 7.11 Å². The number of hydroxylamine groups is 1. The molecule has 0 bridgehead atoms. The summed E-state index contributed by atoms with van der Waals surface area (Å²) in [5.74, 6) is 0.759. The van der Waals surface area contributed by atoms with Gasteiger partial charge in [-0.1, -0.05) is 24.3 Å². The lowest BCUT2D eigenvalue weighted by Gasteiger charge is -2.28. The number of methoxy groups -OCH3 is 1. The first-order chi connectivity index (χ1) is 13.6. The Labute approximate surface area is 164 Å². The van der Waals surface area contributed by atoms with Crippen LogP contribution in [0.1, 0.15) is 40.9 Å². The summed E-state index contributed by atoms with van der Waals surface area (Å²) >= 11 is 0. The van der Waals surface area contributed by atoms with Gasteiger partial charge in [-0.25, -0.2) is 5.48 Å². The van der Waals surface area contributed by atoms with Gasteiger partial charge in [-0.3, -0.25) is 14.4 Å². The van der Waals surface area contributed by atoms with E-state index in [-0.39, 0.29) is 18.2 Å². The SMILES string of the molecule is CCOc1cc(C(CC(=O)NOC)N2Cc3ccccc3C2=O)ccc1OC. The molecule has 0 fully saturated rings. The van der Waals surface area contributed by atoms with Gasteiger partial charge in [0.2, 0.25) is 5.91 Å². The van der Waals surface area contributed by atoms with Gasteiger partial charge in [-0.05, 0) is 36.2 Å². The molecule has 1 aliphatic rings. The zero-order valence-electron chi connectivity index (χ0n) is 16.2. The van der Waals surface area contributed by atoms with Gasteiger partial charge in [-0.2, -0.15) is 0 Å². The number of hydrogen-bond acceptors (Lipinski definition) is 5. The Bertz CT molecular complexity index is 868. The lowest BCUT2D eigenvalue weighted by Crippen LogP contribution is -2.34. The van der Waals surface area contributed by atoms with E-state index in [1.807, 2.05) is 43.3 Å². The van der Waals surface area contributed by atoms with Crippen molar-refractivity contribution in [3.05, 3.63) is 59.2 Å². The number of nitrogens with one attached hydrogen (secondary N) is 1. The highest BCUT2D eigenvalue weighted by Crippen LogP contribution is 2.37. The summed E-state index contributed by atoms with van der Waals surface area (Å²) in [6, 6.07) is 12.5. The molecule has 1 aliphatic heterocycles. The van der Waals surface area contributed by atoms with E-state index in [9.17, 15) is 9.59 Å². The third kappa shape index (κ3) is 3.94. The highest BCUT2D eigenvalue weighted by Gasteiger charge is 2.34. The van der Waals surface area contributed by atoms with Gasteiger partial charge in [0.15, 0.2) is 11.5 Å². The molecule has 1 atom stereocenters.